The number of urea groups is 1. The van der Waals surface area contributed by atoms with Gasteiger partial charge in [0.2, 0.25) is 0 Å². The number of ether oxygens (including phenoxy) is 1. The molecule has 0 aromatic carbocycles. The highest BCUT2D eigenvalue weighted by molar-refractivity contribution is 5.74. The average Bonchev–Trinajstić information content (AvgIpc) is 3.45. The fraction of sp³-hybridized carbons (Fsp3) is 0.714. The zero-order valence-electron chi connectivity index (χ0n) is 19.1. The number of likely N-dealkylation sites (tertiary alicyclic amines) is 1. The topological polar surface area (TPSA) is 93.3 Å². The molecule has 1 atom stereocenters. The van der Waals surface area contributed by atoms with Crippen molar-refractivity contribution in [2.24, 2.45) is 0 Å². The van der Waals surface area contributed by atoms with Crippen LogP contribution in [-0.4, -0.2) is 72.4 Å². The van der Waals surface area contributed by atoms with Crippen LogP contribution in [0.25, 0.3) is 0 Å². The molecule has 0 aliphatic carbocycles. The van der Waals surface area contributed by atoms with Gasteiger partial charge in [0.25, 0.3) is 0 Å². The molecular formula is C21H34N8O2. The van der Waals surface area contributed by atoms with Crippen molar-refractivity contribution < 1.29 is 9.53 Å². The number of hydrogen-bond donors (Lipinski definition) is 1. The van der Waals surface area contributed by atoms with Crippen LogP contribution >= 0.6 is 0 Å². The predicted octanol–water partition coefficient (Wildman–Crippen LogP) is 1.53. The number of rotatable bonds is 7. The number of nitrogens with one attached hydrogen (secondary N) is 1. The third-order valence-electron chi connectivity index (χ3n) is 6.49. The summed E-state index contributed by atoms with van der Waals surface area (Å²) in [5.74, 6) is 0. The number of fused-ring (bicyclic) bond motifs is 1. The number of aryl methyl sites for hydroxylation is 2. The molecule has 2 amide bonds. The van der Waals surface area contributed by atoms with Crippen molar-refractivity contribution in [2.75, 3.05) is 26.2 Å². The second-order valence-corrected chi connectivity index (χ2v) is 8.50. The molecule has 0 bridgehead atoms. The minimum Gasteiger partial charge on any atom is -0.365 e. The van der Waals surface area contributed by atoms with Crippen molar-refractivity contribution in [1.29, 1.82) is 0 Å². The van der Waals surface area contributed by atoms with E-state index < -0.39 is 0 Å². The second-order valence-electron chi connectivity index (χ2n) is 8.50. The molecule has 4 heterocycles. The zero-order valence-corrected chi connectivity index (χ0v) is 19.1. The van der Waals surface area contributed by atoms with Gasteiger partial charge in [-0.3, -0.25) is 9.58 Å². The summed E-state index contributed by atoms with van der Waals surface area (Å²) in [4.78, 5) is 16.4. The molecule has 0 radical (unpaired) electrons. The SMILES string of the molecule is CCN(CC)C(=O)NCc1nnn2c1COC1(CCN(Cc3cn(CC)nc3C)C1)C2. The van der Waals surface area contributed by atoms with Crippen LogP contribution in [0.3, 0.4) is 0 Å². The molecule has 4 rings (SSSR count). The summed E-state index contributed by atoms with van der Waals surface area (Å²) in [5.41, 5.74) is 3.90. The molecule has 1 spiro atoms. The Hall–Kier alpha value is -2.46. The van der Waals surface area contributed by atoms with E-state index in [9.17, 15) is 4.79 Å². The van der Waals surface area contributed by atoms with Gasteiger partial charge in [-0.1, -0.05) is 5.21 Å². The number of hydrogen-bond acceptors (Lipinski definition) is 6. The van der Waals surface area contributed by atoms with Crippen molar-refractivity contribution in [3.8, 4) is 0 Å². The van der Waals surface area contributed by atoms with E-state index in [1.54, 1.807) is 4.90 Å². The molecule has 2 aliphatic heterocycles. The van der Waals surface area contributed by atoms with Gasteiger partial charge in [0.1, 0.15) is 11.3 Å². The Morgan fingerprint density at radius 3 is 2.81 bits per heavy atom. The van der Waals surface area contributed by atoms with Crippen LogP contribution in [0.15, 0.2) is 6.20 Å². The molecule has 2 aromatic rings. The van der Waals surface area contributed by atoms with Gasteiger partial charge in [-0.2, -0.15) is 5.10 Å². The van der Waals surface area contributed by atoms with Crippen molar-refractivity contribution >= 4 is 6.03 Å². The first-order chi connectivity index (χ1) is 15.0. The van der Waals surface area contributed by atoms with Crippen LogP contribution in [0.5, 0.6) is 0 Å². The van der Waals surface area contributed by atoms with Gasteiger partial charge in [0.05, 0.1) is 31.1 Å². The maximum Gasteiger partial charge on any atom is 0.317 e. The van der Waals surface area contributed by atoms with E-state index in [1.165, 1.54) is 5.56 Å². The van der Waals surface area contributed by atoms with Gasteiger partial charge in [-0.25, -0.2) is 9.48 Å². The third kappa shape index (κ3) is 4.45. The van der Waals surface area contributed by atoms with Gasteiger partial charge in [-0.15, -0.1) is 5.10 Å². The molecule has 170 valence electrons. The fourth-order valence-corrected chi connectivity index (χ4v) is 4.54. The van der Waals surface area contributed by atoms with Crippen molar-refractivity contribution in [3.63, 3.8) is 0 Å². The number of carbonyl (C=O) groups is 1. The van der Waals surface area contributed by atoms with E-state index in [-0.39, 0.29) is 11.6 Å². The number of aromatic nitrogens is 5. The summed E-state index contributed by atoms with van der Waals surface area (Å²) < 4.78 is 10.3. The highest BCUT2D eigenvalue weighted by Crippen LogP contribution is 2.33. The summed E-state index contributed by atoms with van der Waals surface area (Å²) in [7, 11) is 0. The third-order valence-corrected chi connectivity index (χ3v) is 6.49. The summed E-state index contributed by atoms with van der Waals surface area (Å²) in [6.07, 6.45) is 3.12. The average molecular weight is 431 g/mol. The lowest BCUT2D eigenvalue weighted by Gasteiger charge is -2.34. The van der Waals surface area contributed by atoms with E-state index in [0.717, 1.165) is 49.7 Å². The highest BCUT2D eigenvalue weighted by atomic mass is 16.5. The van der Waals surface area contributed by atoms with E-state index in [0.29, 0.717) is 32.8 Å². The normalized spacial score (nSPS) is 20.9. The number of nitrogens with zero attached hydrogens (tertiary/aromatic N) is 7. The Morgan fingerprint density at radius 1 is 1.29 bits per heavy atom. The second kappa shape index (κ2) is 8.96. The fourth-order valence-electron chi connectivity index (χ4n) is 4.54. The Balaban J connectivity index is 1.36. The Bertz CT molecular complexity index is 919. The maximum atomic E-state index is 12.2. The van der Waals surface area contributed by atoms with Crippen LogP contribution < -0.4 is 5.32 Å². The number of amides is 2. The van der Waals surface area contributed by atoms with Gasteiger partial charge in [0, 0.05) is 51.0 Å². The molecule has 10 nitrogen and oxygen atoms in total. The zero-order chi connectivity index (χ0) is 22.0. The quantitative estimate of drug-likeness (QED) is 0.716. The summed E-state index contributed by atoms with van der Waals surface area (Å²) in [5, 5.41) is 16.2. The highest BCUT2D eigenvalue weighted by Gasteiger charge is 2.43. The minimum absolute atomic E-state index is 0.0759. The Morgan fingerprint density at radius 2 is 2.10 bits per heavy atom. The molecular weight excluding hydrogens is 396 g/mol. The lowest BCUT2D eigenvalue weighted by molar-refractivity contribution is -0.0845. The summed E-state index contributed by atoms with van der Waals surface area (Å²) >= 11 is 0. The molecule has 10 heteroatoms. The summed E-state index contributed by atoms with van der Waals surface area (Å²) in [6, 6.07) is -0.0759. The predicted molar refractivity (Wildman–Crippen MR) is 115 cm³/mol. The van der Waals surface area contributed by atoms with Crippen LogP contribution in [-0.2, 0) is 37.5 Å². The molecule has 31 heavy (non-hydrogen) atoms. The van der Waals surface area contributed by atoms with Gasteiger partial charge in [0.15, 0.2) is 0 Å². The Kier molecular flexibility index (Phi) is 6.29. The maximum absolute atomic E-state index is 12.2. The van der Waals surface area contributed by atoms with Crippen LogP contribution in [0.4, 0.5) is 4.79 Å². The van der Waals surface area contributed by atoms with E-state index in [1.807, 2.05) is 23.2 Å². The molecule has 2 aliphatic rings. The molecule has 1 N–H and O–H groups in total. The molecule has 1 unspecified atom stereocenters. The largest absolute Gasteiger partial charge is 0.365 e. The Labute approximate surface area is 183 Å². The number of carbonyl (C=O) groups excluding carboxylic acids is 1. The first-order valence-corrected chi connectivity index (χ1v) is 11.3. The van der Waals surface area contributed by atoms with Gasteiger partial charge >= 0.3 is 6.03 Å². The minimum atomic E-state index is -0.225. The lowest BCUT2D eigenvalue weighted by Crippen LogP contribution is -2.44. The van der Waals surface area contributed by atoms with Crippen molar-refractivity contribution in [3.05, 3.63) is 28.8 Å². The van der Waals surface area contributed by atoms with Crippen molar-refractivity contribution in [2.45, 2.75) is 72.5 Å². The van der Waals surface area contributed by atoms with Crippen LogP contribution in [0.1, 0.15) is 49.8 Å². The summed E-state index contributed by atoms with van der Waals surface area (Å²) in [6.45, 7) is 14.7. The standard InChI is InChI=1S/C21H34N8O2/c1-5-27(6-2)20(30)22-10-18-19-13-31-21(15-29(19)25-23-18)8-9-26(14-21)11-17-12-28(7-3)24-16(17)4/h12H,5-11,13-15H2,1-4H3,(H,22,30). The first kappa shape index (κ1) is 21.8. The molecule has 1 fully saturated rings. The van der Waals surface area contributed by atoms with E-state index in [4.69, 9.17) is 4.74 Å². The van der Waals surface area contributed by atoms with E-state index >= 15 is 0 Å². The van der Waals surface area contributed by atoms with Crippen LogP contribution in [0, 0.1) is 6.92 Å². The first-order valence-electron chi connectivity index (χ1n) is 11.3. The van der Waals surface area contributed by atoms with E-state index in [2.05, 4.69) is 45.7 Å². The van der Waals surface area contributed by atoms with Crippen LogP contribution in [0.2, 0.25) is 0 Å². The molecule has 0 saturated carbocycles. The lowest BCUT2D eigenvalue weighted by atomic mass is 10.0. The smallest absolute Gasteiger partial charge is 0.317 e. The van der Waals surface area contributed by atoms with Gasteiger partial charge in [-0.05, 0) is 34.1 Å². The van der Waals surface area contributed by atoms with Crippen molar-refractivity contribution in [1.82, 2.24) is 39.9 Å². The van der Waals surface area contributed by atoms with Gasteiger partial charge < -0.3 is 15.0 Å². The molecule has 1 saturated heterocycles. The molecule has 2 aromatic heterocycles. The monoisotopic (exact) mass is 430 g/mol.